The summed E-state index contributed by atoms with van der Waals surface area (Å²) in [5.74, 6) is 1.43. The Hall–Kier alpha value is -1.71. The Morgan fingerprint density at radius 2 is 1.88 bits per heavy atom. The summed E-state index contributed by atoms with van der Waals surface area (Å²) in [4.78, 5) is 0. The maximum absolute atomic E-state index is 6.42. The van der Waals surface area contributed by atoms with Gasteiger partial charge in [-0.25, -0.2) is 0 Å². The Kier molecular flexibility index (Phi) is 8.10. The molecule has 1 atom stereocenters. The van der Waals surface area contributed by atoms with Gasteiger partial charge in [0.15, 0.2) is 11.5 Å². The summed E-state index contributed by atoms with van der Waals surface area (Å²) in [6.07, 6.45) is 3.09. The molecule has 0 aliphatic rings. The van der Waals surface area contributed by atoms with Crippen LogP contribution in [0.1, 0.15) is 37.8 Å². The molecule has 4 heteroatoms. The highest BCUT2D eigenvalue weighted by atomic mass is 35.5. The van der Waals surface area contributed by atoms with E-state index in [1.165, 1.54) is 5.56 Å². The molecule has 0 amide bonds. The van der Waals surface area contributed by atoms with E-state index in [0.717, 1.165) is 30.6 Å². The maximum atomic E-state index is 6.42. The average Bonchev–Trinajstić information content (AvgIpc) is 2.64. The lowest BCUT2D eigenvalue weighted by Crippen LogP contribution is -2.26. The highest BCUT2D eigenvalue weighted by Crippen LogP contribution is 2.33. The summed E-state index contributed by atoms with van der Waals surface area (Å²) in [7, 11) is 1.65. The largest absolute Gasteiger partial charge is 0.493 e. The van der Waals surface area contributed by atoms with E-state index in [4.69, 9.17) is 21.1 Å². The Morgan fingerprint density at radius 3 is 2.56 bits per heavy atom. The molecular weight excluding hydrogens is 334 g/mol. The lowest BCUT2D eigenvalue weighted by atomic mass is 10.1. The molecule has 0 fully saturated rings. The van der Waals surface area contributed by atoms with E-state index in [1.807, 2.05) is 12.1 Å². The van der Waals surface area contributed by atoms with Gasteiger partial charge in [-0.3, -0.25) is 0 Å². The molecule has 136 valence electrons. The zero-order chi connectivity index (χ0) is 18.1. The monoisotopic (exact) mass is 361 g/mol. The lowest BCUT2D eigenvalue weighted by Gasteiger charge is -2.17. The van der Waals surface area contributed by atoms with E-state index in [0.29, 0.717) is 30.0 Å². The first-order valence-corrected chi connectivity index (χ1v) is 9.28. The first kappa shape index (κ1) is 19.6. The van der Waals surface area contributed by atoms with Crippen LogP contribution in [0, 0.1) is 0 Å². The number of aryl methyl sites for hydroxylation is 1. The molecular formula is C21H28ClNO2. The molecule has 0 spiro atoms. The van der Waals surface area contributed by atoms with Crippen LogP contribution in [0.3, 0.4) is 0 Å². The summed E-state index contributed by atoms with van der Waals surface area (Å²) >= 11 is 6.42. The van der Waals surface area contributed by atoms with E-state index in [2.05, 4.69) is 49.5 Å². The zero-order valence-corrected chi connectivity index (χ0v) is 16.1. The molecule has 0 aliphatic carbocycles. The van der Waals surface area contributed by atoms with Crippen LogP contribution in [0.2, 0.25) is 5.02 Å². The van der Waals surface area contributed by atoms with Gasteiger partial charge in [-0.2, -0.15) is 0 Å². The third kappa shape index (κ3) is 6.26. The van der Waals surface area contributed by atoms with Gasteiger partial charge >= 0.3 is 0 Å². The normalized spacial score (nSPS) is 12.0. The predicted octanol–water partition coefficient (Wildman–Crippen LogP) is 5.25. The first-order chi connectivity index (χ1) is 12.1. The Balaban J connectivity index is 1.90. The molecule has 3 nitrogen and oxygen atoms in total. The molecule has 1 unspecified atom stereocenters. The number of nitrogens with one attached hydrogen (secondary N) is 1. The van der Waals surface area contributed by atoms with Gasteiger partial charge in [-0.05, 0) is 43.4 Å². The van der Waals surface area contributed by atoms with Crippen molar-refractivity contribution in [2.45, 2.75) is 45.7 Å². The molecule has 2 aromatic carbocycles. The third-order valence-electron chi connectivity index (χ3n) is 4.14. The van der Waals surface area contributed by atoms with Crippen molar-refractivity contribution in [1.82, 2.24) is 5.32 Å². The third-order valence-corrected chi connectivity index (χ3v) is 4.50. The number of hydrogen-bond acceptors (Lipinski definition) is 3. The van der Waals surface area contributed by atoms with Crippen molar-refractivity contribution in [2.75, 3.05) is 13.7 Å². The van der Waals surface area contributed by atoms with Crippen molar-refractivity contribution >= 4 is 11.6 Å². The van der Waals surface area contributed by atoms with E-state index < -0.39 is 0 Å². The van der Waals surface area contributed by atoms with Crippen LogP contribution in [0.25, 0.3) is 0 Å². The van der Waals surface area contributed by atoms with E-state index in [9.17, 15) is 0 Å². The van der Waals surface area contributed by atoms with Crippen LogP contribution >= 0.6 is 11.6 Å². The van der Waals surface area contributed by atoms with E-state index in [-0.39, 0.29) is 0 Å². The van der Waals surface area contributed by atoms with Gasteiger partial charge in [0.25, 0.3) is 0 Å². The molecule has 0 bridgehead atoms. The van der Waals surface area contributed by atoms with E-state index in [1.54, 1.807) is 7.11 Å². The van der Waals surface area contributed by atoms with Gasteiger partial charge in [0.2, 0.25) is 0 Å². The fourth-order valence-corrected chi connectivity index (χ4v) is 2.83. The molecule has 0 heterocycles. The molecule has 25 heavy (non-hydrogen) atoms. The summed E-state index contributed by atoms with van der Waals surface area (Å²) in [5.41, 5.74) is 2.39. The molecule has 2 aromatic rings. The van der Waals surface area contributed by atoms with E-state index >= 15 is 0 Å². The number of halogens is 1. The van der Waals surface area contributed by atoms with Gasteiger partial charge in [0.05, 0.1) is 13.7 Å². The average molecular weight is 362 g/mol. The lowest BCUT2D eigenvalue weighted by molar-refractivity contribution is 0.294. The van der Waals surface area contributed by atoms with Crippen molar-refractivity contribution in [2.24, 2.45) is 0 Å². The Labute approximate surface area is 156 Å². The molecule has 0 aliphatic heterocycles. The van der Waals surface area contributed by atoms with Gasteiger partial charge in [-0.15, -0.1) is 0 Å². The summed E-state index contributed by atoms with van der Waals surface area (Å²) in [6, 6.07) is 14.8. The second kappa shape index (κ2) is 10.3. The van der Waals surface area contributed by atoms with Gasteiger partial charge in [-0.1, -0.05) is 48.9 Å². The zero-order valence-electron chi connectivity index (χ0n) is 15.3. The van der Waals surface area contributed by atoms with Crippen molar-refractivity contribution in [1.29, 1.82) is 0 Å². The standard InChI is InChI=1S/C21H28ClNO2/c1-4-12-25-21-14-19(22)18(13-20(21)24-3)15-23-16(2)10-11-17-8-6-5-7-9-17/h5-9,13-14,16,23H,4,10-12,15H2,1-3H3. The fraction of sp³-hybridized carbons (Fsp3) is 0.429. The molecule has 2 rings (SSSR count). The molecule has 1 N–H and O–H groups in total. The Bertz CT molecular complexity index is 646. The van der Waals surface area contributed by atoms with Crippen molar-refractivity contribution in [3.8, 4) is 11.5 Å². The smallest absolute Gasteiger partial charge is 0.162 e. The van der Waals surface area contributed by atoms with Crippen molar-refractivity contribution < 1.29 is 9.47 Å². The van der Waals surface area contributed by atoms with Gasteiger partial charge in [0, 0.05) is 23.7 Å². The number of ether oxygens (including phenoxy) is 2. The second-order valence-electron chi connectivity index (χ2n) is 6.25. The summed E-state index contributed by atoms with van der Waals surface area (Å²) in [6.45, 7) is 5.63. The number of rotatable bonds is 10. The molecule has 0 saturated heterocycles. The molecule has 0 aromatic heterocycles. The van der Waals surface area contributed by atoms with Crippen LogP contribution < -0.4 is 14.8 Å². The molecule has 0 radical (unpaired) electrons. The van der Waals surface area contributed by atoms with Crippen LogP contribution in [-0.4, -0.2) is 19.8 Å². The SMILES string of the molecule is CCCOc1cc(Cl)c(CNC(C)CCc2ccccc2)cc1OC. The minimum Gasteiger partial charge on any atom is -0.493 e. The summed E-state index contributed by atoms with van der Waals surface area (Å²) < 4.78 is 11.1. The van der Waals surface area contributed by atoms with Crippen LogP contribution in [0.15, 0.2) is 42.5 Å². The van der Waals surface area contributed by atoms with Crippen molar-refractivity contribution in [3.63, 3.8) is 0 Å². The van der Waals surface area contributed by atoms with Gasteiger partial charge < -0.3 is 14.8 Å². The minimum atomic E-state index is 0.401. The fourth-order valence-electron chi connectivity index (χ4n) is 2.61. The van der Waals surface area contributed by atoms with Crippen molar-refractivity contribution in [3.05, 3.63) is 58.6 Å². The Morgan fingerprint density at radius 1 is 1.12 bits per heavy atom. The predicted molar refractivity (Wildman–Crippen MR) is 105 cm³/mol. The van der Waals surface area contributed by atoms with Crippen LogP contribution in [-0.2, 0) is 13.0 Å². The number of benzene rings is 2. The maximum Gasteiger partial charge on any atom is 0.162 e. The number of methoxy groups -OCH3 is 1. The first-order valence-electron chi connectivity index (χ1n) is 8.90. The highest BCUT2D eigenvalue weighted by Gasteiger charge is 2.11. The quantitative estimate of drug-likeness (QED) is 0.627. The molecule has 0 saturated carbocycles. The number of hydrogen-bond donors (Lipinski definition) is 1. The van der Waals surface area contributed by atoms with Gasteiger partial charge in [0.1, 0.15) is 0 Å². The van der Waals surface area contributed by atoms with Crippen LogP contribution in [0.5, 0.6) is 11.5 Å². The second-order valence-corrected chi connectivity index (χ2v) is 6.66. The van der Waals surface area contributed by atoms with Crippen LogP contribution in [0.4, 0.5) is 0 Å². The highest BCUT2D eigenvalue weighted by molar-refractivity contribution is 6.31. The minimum absolute atomic E-state index is 0.401. The summed E-state index contributed by atoms with van der Waals surface area (Å²) in [5, 5.41) is 4.25. The topological polar surface area (TPSA) is 30.5 Å².